The fourth-order valence-corrected chi connectivity index (χ4v) is 2.31. The SMILES string of the molecule is CCNc1cncc(Nc2ccc(Br)c(I)c2)c1. The van der Waals surface area contributed by atoms with Crippen molar-refractivity contribution in [2.75, 3.05) is 17.2 Å². The number of benzene rings is 1. The highest BCUT2D eigenvalue weighted by Gasteiger charge is 2.00. The molecule has 18 heavy (non-hydrogen) atoms. The summed E-state index contributed by atoms with van der Waals surface area (Å²) < 4.78 is 2.28. The number of hydrogen-bond donors (Lipinski definition) is 2. The number of nitrogens with zero attached hydrogens (tertiary/aromatic N) is 1. The third-order valence-electron chi connectivity index (χ3n) is 2.33. The molecule has 0 fully saturated rings. The van der Waals surface area contributed by atoms with Crippen LogP contribution in [0.2, 0.25) is 0 Å². The van der Waals surface area contributed by atoms with Crippen LogP contribution in [0.25, 0.3) is 0 Å². The summed E-state index contributed by atoms with van der Waals surface area (Å²) in [5.41, 5.74) is 3.05. The van der Waals surface area contributed by atoms with Gasteiger partial charge in [-0.05, 0) is 69.7 Å². The maximum Gasteiger partial charge on any atom is 0.0591 e. The topological polar surface area (TPSA) is 37.0 Å². The standard InChI is InChI=1S/C13H13BrIN3/c1-2-17-10-5-11(8-16-7-10)18-9-3-4-12(14)13(15)6-9/h3-8,17-18H,2H2,1H3. The first-order valence-electron chi connectivity index (χ1n) is 5.60. The number of nitrogens with one attached hydrogen (secondary N) is 2. The highest BCUT2D eigenvalue weighted by atomic mass is 127. The lowest BCUT2D eigenvalue weighted by molar-refractivity contribution is 1.19. The van der Waals surface area contributed by atoms with Crippen LogP contribution in [0.4, 0.5) is 17.1 Å². The zero-order chi connectivity index (χ0) is 13.0. The van der Waals surface area contributed by atoms with E-state index in [2.05, 4.69) is 67.1 Å². The number of halogens is 2. The Labute approximate surface area is 129 Å². The van der Waals surface area contributed by atoms with E-state index in [1.165, 1.54) is 3.57 Å². The second-order valence-corrected chi connectivity index (χ2v) is 5.76. The highest BCUT2D eigenvalue weighted by Crippen LogP contribution is 2.25. The summed E-state index contributed by atoms with van der Waals surface area (Å²) in [6.45, 7) is 2.96. The van der Waals surface area contributed by atoms with E-state index in [1.54, 1.807) is 0 Å². The first kappa shape index (κ1) is 13.6. The summed E-state index contributed by atoms with van der Waals surface area (Å²) in [5.74, 6) is 0. The van der Waals surface area contributed by atoms with Gasteiger partial charge in [0.25, 0.3) is 0 Å². The molecule has 0 radical (unpaired) electrons. The summed E-state index contributed by atoms with van der Waals surface area (Å²) in [5, 5.41) is 6.59. The van der Waals surface area contributed by atoms with Gasteiger partial charge in [0.05, 0.1) is 23.8 Å². The van der Waals surface area contributed by atoms with Crippen LogP contribution in [-0.4, -0.2) is 11.5 Å². The molecule has 0 aliphatic rings. The lowest BCUT2D eigenvalue weighted by Crippen LogP contribution is -1.98. The normalized spacial score (nSPS) is 10.2. The number of pyridine rings is 1. The van der Waals surface area contributed by atoms with Gasteiger partial charge < -0.3 is 10.6 Å². The van der Waals surface area contributed by atoms with E-state index in [0.717, 1.165) is 28.1 Å². The van der Waals surface area contributed by atoms with Gasteiger partial charge in [-0.1, -0.05) is 0 Å². The number of anilines is 3. The predicted molar refractivity (Wildman–Crippen MR) is 88.5 cm³/mol. The minimum Gasteiger partial charge on any atom is -0.384 e. The van der Waals surface area contributed by atoms with Crippen LogP contribution in [-0.2, 0) is 0 Å². The van der Waals surface area contributed by atoms with Crippen molar-refractivity contribution in [3.05, 3.63) is 44.7 Å². The predicted octanol–water partition coefficient (Wildman–Crippen LogP) is 4.62. The first-order chi connectivity index (χ1) is 8.69. The fourth-order valence-electron chi connectivity index (χ4n) is 1.55. The third kappa shape index (κ3) is 3.58. The minimum atomic E-state index is 0.890. The van der Waals surface area contributed by atoms with Gasteiger partial charge in [0.15, 0.2) is 0 Å². The van der Waals surface area contributed by atoms with Crippen LogP contribution in [0, 0.1) is 3.57 Å². The highest BCUT2D eigenvalue weighted by molar-refractivity contribution is 14.1. The van der Waals surface area contributed by atoms with Crippen molar-refractivity contribution in [2.45, 2.75) is 6.92 Å². The van der Waals surface area contributed by atoms with Crippen molar-refractivity contribution in [1.29, 1.82) is 0 Å². The lowest BCUT2D eigenvalue weighted by atomic mass is 10.3. The van der Waals surface area contributed by atoms with Gasteiger partial charge >= 0.3 is 0 Å². The van der Waals surface area contributed by atoms with Crippen molar-refractivity contribution < 1.29 is 0 Å². The molecule has 1 heterocycles. The van der Waals surface area contributed by atoms with Crippen molar-refractivity contribution >= 4 is 55.6 Å². The van der Waals surface area contributed by atoms with Crippen molar-refractivity contribution in [3.63, 3.8) is 0 Å². The van der Waals surface area contributed by atoms with E-state index < -0.39 is 0 Å². The summed E-state index contributed by atoms with van der Waals surface area (Å²) >= 11 is 5.79. The van der Waals surface area contributed by atoms with Gasteiger partial charge in [-0.15, -0.1) is 0 Å². The average molecular weight is 418 g/mol. The van der Waals surface area contributed by atoms with Gasteiger partial charge in [-0.3, -0.25) is 4.98 Å². The molecule has 0 bridgehead atoms. The molecule has 94 valence electrons. The quantitative estimate of drug-likeness (QED) is 0.712. The Morgan fingerprint density at radius 3 is 2.67 bits per heavy atom. The van der Waals surface area contributed by atoms with Crippen LogP contribution in [0.3, 0.4) is 0 Å². The van der Waals surface area contributed by atoms with Crippen molar-refractivity contribution in [2.24, 2.45) is 0 Å². The molecule has 2 N–H and O–H groups in total. The third-order valence-corrected chi connectivity index (χ3v) is 4.65. The van der Waals surface area contributed by atoms with Crippen molar-refractivity contribution in [3.8, 4) is 0 Å². The van der Waals surface area contributed by atoms with Gasteiger partial charge in [0, 0.05) is 20.3 Å². The molecule has 0 saturated heterocycles. The van der Waals surface area contributed by atoms with Crippen LogP contribution in [0.15, 0.2) is 41.1 Å². The smallest absolute Gasteiger partial charge is 0.0591 e. The fraction of sp³-hybridized carbons (Fsp3) is 0.154. The second kappa shape index (κ2) is 6.38. The maximum absolute atomic E-state index is 4.20. The van der Waals surface area contributed by atoms with Crippen LogP contribution >= 0.6 is 38.5 Å². The minimum absolute atomic E-state index is 0.890. The Hall–Kier alpha value is -0.820. The summed E-state index contributed by atoms with van der Waals surface area (Å²) in [6, 6.07) is 8.20. The Balaban J connectivity index is 2.17. The first-order valence-corrected chi connectivity index (χ1v) is 7.47. The molecule has 2 aromatic rings. The van der Waals surface area contributed by atoms with Crippen LogP contribution in [0.5, 0.6) is 0 Å². The molecular weight excluding hydrogens is 405 g/mol. The molecule has 3 nitrogen and oxygen atoms in total. The van der Waals surface area contributed by atoms with E-state index >= 15 is 0 Å². The Morgan fingerprint density at radius 2 is 1.94 bits per heavy atom. The summed E-state index contributed by atoms with van der Waals surface area (Å²) in [7, 11) is 0. The largest absolute Gasteiger partial charge is 0.384 e. The monoisotopic (exact) mass is 417 g/mol. The zero-order valence-corrected chi connectivity index (χ0v) is 13.6. The Bertz CT molecular complexity index is 546. The Morgan fingerprint density at radius 1 is 1.17 bits per heavy atom. The van der Waals surface area contributed by atoms with Gasteiger partial charge in [0.2, 0.25) is 0 Å². The van der Waals surface area contributed by atoms with E-state index in [1.807, 2.05) is 30.6 Å². The average Bonchev–Trinajstić information content (AvgIpc) is 2.35. The molecule has 0 unspecified atom stereocenters. The molecule has 1 aromatic heterocycles. The molecule has 1 aromatic carbocycles. The molecule has 0 aliphatic heterocycles. The molecule has 0 saturated carbocycles. The maximum atomic E-state index is 4.20. The molecule has 0 spiro atoms. The number of aromatic nitrogens is 1. The molecule has 0 atom stereocenters. The van der Waals surface area contributed by atoms with E-state index in [9.17, 15) is 0 Å². The van der Waals surface area contributed by atoms with Gasteiger partial charge in [-0.2, -0.15) is 0 Å². The van der Waals surface area contributed by atoms with E-state index in [-0.39, 0.29) is 0 Å². The van der Waals surface area contributed by atoms with Gasteiger partial charge in [-0.25, -0.2) is 0 Å². The molecule has 0 aliphatic carbocycles. The number of hydrogen-bond acceptors (Lipinski definition) is 3. The molecular formula is C13H13BrIN3. The van der Waals surface area contributed by atoms with Gasteiger partial charge in [0.1, 0.15) is 0 Å². The summed E-state index contributed by atoms with van der Waals surface area (Å²) in [4.78, 5) is 4.20. The zero-order valence-electron chi connectivity index (χ0n) is 9.87. The second-order valence-electron chi connectivity index (χ2n) is 3.75. The molecule has 5 heteroatoms. The molecule has 2 rings (SSSR count). The lowest BCUT2D eigenvalue weighted by Gasteiger charge is -2.09. The van der Waals surface area contributed by atoms with E-state index in [0.29, 0.717) is 0 Å². The van der Waals surface area contributed by atoms with E-state index in [4.69, 9.17) is 0 Å². The molecule has 0 amide bonds. The van der Waals surface area contributed by atoms with Crippen LogP contribution in [0.1, 0.15) is 6.92 Å². The van der Waals surface area contributed by atoms with Crippen molar-refractivity contribution in [1.82, 2.24) is 4.98 Å². The summed E-state index contributed by atoms with van der Waals surface area (Å²) in [6.07, 6.45) is 3.63. The van der Waals surface area contributed by atoms with Crippen LogP contribution < -0.4 is 10.6 Å². The Kier molecular flexibility index (Phi) is 4.82. The number of rotatable bonds is 4.